The molecule has 0 rings (SSSR count). The molecule has 0 bridgehead atoms. The summed E-state index contributed by atoms with van der Waals surface area (Å²) in [6, 6.07) is 0. The maximum atomic E-state index is 2.15. The summed E-state index contributed by atoms with van der Waals surface area (Å²) in [5.74, 6) is 1.09. The summed E-state index contributed by atoms with van der Waals surface area (Å²) in [7, 11) is 0. The third-order valence-corrected chi connectivity index (χ3v) is 1.82. The molecule has 0 aromatic rings. The monoisotopic (exact) mass is 168 g/mol. The van der Waals surface area contributed by atoms with Gasteiger partial charge in [-0.1, -0.05) is 30.4 Å². The van der Waals surface area contributed by atoms with Gasteiger partial charge in [0.2, 0.25) is 0 Å². The zero-order valence-corrected chi connectivity index (χ0v) is 8.32. The fourth-order valence-electron chi connectivity index (χ4n) is 0.752. The molecule has 0 N–H and O–H groups in total. The van der Waals surface area contributed by atoms with E-state index in [0.29, 0.717) is 0 Å². The molecule has 0 aliphatic carbocycles. The molecule has 0 unspecified atom stereocenters. The molecule has 1 heteroatoms. The van der Waals surface area contributed by atoms with Crippen molar-refractivity contribution >= 4 is 11.8 Å². The van der Waals surface area contributed by atoms with Crippen molar-refractivity contribution in [3.05, 3.63) is 36.0 Å². The van der Waals surface area contributed by atoms with Crippen LogP contribution in [0, 0.1) is 0 Å². The number of rotatable bonds is 4. The highest BCUT2D eigenvalue weighted by atomic mass is 32.2. The van der Waals surface area contributed by atoms with E-state index in [1.807, 2.05) is 31.7 Å². The van der Waals surface area contributed by atoms with E-state index in [2.05, 4.69) is 30.6 Å². The average Bonchev–Trinajstić information content (AvgIpc) is 2.01. The predicted octanol–water partition coefficient (Wildman–Crippen LogP) is 3.43. The van der Waals surface area contributed by atoms with Crippen LogP contribution in [-0.4, -0.2) is 12.0 Å². The first-order valence-electron chi connectivity index (χ1n) is 3.78. The lowest BCUT2D eigenvalue weighted by Gasteiger charge is -1.95. The maximum Gasteiger partial charge on any atom is 0.0181 e. The first-order chi connectivity index (χ1) is 5.35. The lowest BCUT2D eigenvalue weighted by molar-refractivity contribution is 1.52. The summed E-state index contributed by atoms with van der Waals surface area (Å²) in [6.45, 7) is 4.08. The van der Waals surface area contributed by atoms with Gasteiger partial charge in [0, 0.05) is 5.75 Å². The Kier molecular flexibility index (Phi) is 7.37. The van der Waals surface area contributed by atoms with Gasteiger partial charge in [-0.2, -0.15) is 11.8 Å². The van der Waals surface area contributed by atoms with Gasteiger partial charge >= 0.3 is 0 Å². The molecule has 0 aliphatic rings. The second-order valence-corrected chi connectivity index (χ2v) is 3.07. The van der Waals surface area contributed by atoms with Crippen LogP contribution in [0.2, 0.25) is 0 Å². The van der Waals surface area contributed by atoms with E-state index >= 15 is 0 Å². The van der Waals surface area contributed by atoms with Gasteiger partial charge in [0.15, 0.2) is 0 Å². The van der Waals surface area contributed by atoms with Gasteiger partial charge in [0.1, 0.15) is 0 Å². The second-order valence-electron chi connectivity index (χ2n) is 2.20. The first-order valence-corrected chi connectivity index (χ1v) is 5.18. The molecule has 0 radical (unpaired) electrons. The van der Waals surface area contributed by atoms with Gasteiger partial charge in [0.05, 0.1) is 0 Å². The summed E-state index contributed by atoms with van der Waals surface area (Å²) >= 11 is 1.85. The quantitative estimate of drug-likeness (QED) is 0.579. The third-order valence-electron chi connectivity index (χ3n) is 1.19. The standard InChI is InChI=1S/C10H16S/c1-4-6-8-10(7-5-2)9-11-3/h4-8H,9H2,1-3H3/b6-4-,7-5-,10-8+. The topological polar surface area (TPSA) is 0 Å². The van der Waals surface area contributed by atoms with Crippen molar-refractivity contribution in [3.63, 3.8) is 0 Å². The van der Waals surface area contributed by atoms with E-state index in [-0.39, 0.29) is 0 Å². The molecule has 0 heterocycles. The fourth-order valence-corrected chi connectivity index (χ4v) is 1.28. The van der Waals surface area contributed by atoms with Gasteiger partial charge in [-0.25, -0.2) is 0 Å². The summed E-state index contributed by atoms with van der Waals surface area (Å²) in [5, 5.41) is 0. The molecule has 0 atom stereocenters. The van der Waals surface area contributed by atoms with Gasteiger partial charge in [-0.3, -0.25) is 0 Å². The molecule has 0 spiro atoms. The first kappa shape index (κ1) is 10.6. The van der Waals surface area contributed by atoms with Crippen LogP contribution in [-0.2, 0) is 0 Å². The maximum absolute atomic E-state index is 2.15. The fraction of sp³-hybridized carbons (Fsp3) is 0.400. The summed E-state index contributed by atoms with van der Waals surface area (Å²) in [6.07, 6.45) is 12.6. The number of thioether (sulfide) groups is 1. The number of hydrogen-bond donors (Lipinski definition) is 0. The van der Waals surface area contributed by atoms with Crippen molar-refractivity contribution in [1.82, 2.24) is 0 Å². The molecule has 0 amide bonds. The molecule has 0 saturated carbocycles. The normalized spacial score (nSPS) is 13.5. The molecule has 0 fully saturated rings. The molecule has 62 valence electrons. The molecule has 0 aromatic heterocycles. The Morgan fingerprint density at radius 3 is 2.45 bits per heavy atom. The minimum Gasteiger partial charge on any atom is -0.161 e. The molecule has 0 aliphatic heterocycles. The third kappa shape index (κ3) is 5.99. The van der Waals surface area contributed by atoms with Crippen LogP contribution in [0.15, 0.2) is 36.0 Å². The minimum atomic E-state index is 1.09. The van der Waals surface area contributed by atoms with E-state index in [0.717, 1.165) is 5.75 Å². The smallest absolute Gasteiger partial charge is 0.0181 e. The average molecular weight is 168 g/mol. The Balaban J connectivity index is 4.07. The second kappa shape index (κ2) is 7.67. The minimum absolute atomic E-state index is 1.09. The van der Waals surface area contributed by atoms with Crippen LogP contribution < -0.4 is 0 Å². The highest BCUT2D eigenvalue weighted by Gasteiger charge is 1.86. The Hall–Kier alpha value is -0.430. The van der Waals surface area contributed by atoms with Crippen molar-refractivity contribution in [2.24, 2.45) is 0 Å². The van der Waals surface area contributed by atoms with E-state index < -0.39 is 0 Å². The van der Waals surface area contributed by atoms with E-state index in [4.69, 9.17) is 0 Å². The van der Waals surface area contributed by atoms with Crippen LogP contribution in [0.3, 0.4) is 0 Å². The van der Waals surface area contributed by atoms with Crippen molar-refractivity contribution in [2.75, 3.05) is 12.0 Å². The summed E-state index contributed by atoms with van der Waals surface area (Å²) < 4.78 is 0. The number of hydrogen-bond acceptors (Lipinski definition) is 1. The van der Waals surface area contributed by atoms with Crippen molar-refractivity contribution in [3.8, 4) is 0 Å². The molecule has 11 heavy (non-hydrogen) atoms. The zero-order valence-electron chi connectivity index (χ0n) is 7.50. The van der Waals surface area contributed by atoms with Gasteiger partial charge in [-0.05, 0) is 25.7 Å². The Morgan fingerprint density at radius 2 is 2.00 bits per heavy atom. The molecule has 0 saturated heterocycles. The molecular formula is C10H16S. The molecule has 0 aromatic carbocycles. The van der Waals surface area contributed by atoms with E-state index in [1.165, 1.54) is 5.57 Å². The van der Waals surface area contributed by atoms with Crippen LogP contribution in [0.5, 0.6) is 0 Å². The Bertz CT molecular complexity index is 164. The van der Waals surface area contributed by atoms with Crippen molar-refractivity contribution < 1.29 is 0 Å². The van der Waals surface area contributed by atoms with Crippen molar-refractivity contribution in [2.45, 2.75) is 13.8 Å². The Morgan fingerprint density at radius 1 is 1.27 bits per heavy atom. The molecule has 0 nitrogen and oxygen atoms in total. The van der Waals surface area contributed by atoms with Gasteiger partial charge < -0.3 is 0 Å². The largest absolute Gasteiger partial charge is 0.161 e. The van der Waals surface area contributed by atoms with E-state index in [1.54, 1.807) is 0 Å². The van der Waals surface area contributed by atoms with E-state index in [9.17, 15) is 0 Å². The van der Waals surface area contributed by atoms with Gasteiger partial charge in [-0.15, -0.1) is 0 Å². The lowest BCUT2D eigenvalue weighted by atomic mass is 10.2. The van der Waals surface area contributed by atoms with Gasteiger partial charge in [0.25, 0.3) is 0 Å². The molecular weight excluding hydrogens is 152 g/mol. The van der Waals surface area contributed by atoms with Crippen LogP contribution in [0.1, 0.15) is 13.8 Å². The van der Waals surface area contributed by atoms with Crippen LogP contribution in [0.25, 0.3) is 0 Å². The highest BCUT2D eigenvalue weighted by Crippen LogP contribution is 2.05. The predicted molar refractivity (Wildman–Crippen MR) is 56.1 cm³/mol. The Labute approximate surface area is 74.1 Å². The summed E-state index contributed by atoms with van der Waals surface area (Å²) in [4.78, 5) is 0. The van der Waals surface area contributed by atoms with Crippen molar-refractivity contribution in [1.29, 1.82) is 0 Å². The highest BCUT2D eigenvalue weighted by molar-refractivity contribution is 7.98. The number of allylic oxidation sites excluding steroid dienone is 5. The lowest BCUT2D eigenvalue weighted by Crippen LogP contribution is -1.80. The van der Waals surface area contributed by atoms with Crippen LogP contribution in [0.4, 0.5) is 0 Å². The SMILES string of the molecule is C\C=C/C=C(\C=C/C)CSC. The zero-order chi connectivity index (χ0) is 8.53. The van der Waals surface area contributed by atoms with Crippen LogP contribution >= 0.6 is 11.8 Å². The summed E-state index contributed by atoms with van der Waals surface area (Å²) in [5.41, 5.74) is 1.37.